The number of rotatable bonds is 4. The fourth-order valence-electron chi connectivity index (χ4n) is 3.27. The average molecular weight is 349 g/mol. The molecule has 132 valence electrons. The molecule has 0 aliphatic heterocycles. The Morgan fingerprint density at radius 2 is 1.33 bits per heavy atom. The molecule has 1 N–H and O–H groups in total. The predicted octanol–water partition coefficient (Wildman–Crippen LogP) is 6.98. The van der Waals surface area contributed by atoms with Gasteiger partial charge in [-0.05, 0) is 53.3 Å². The molecule has 0 heterocycles. The van der Waals surface area contributed by atoms with Crippen molar-refractivity contribution in [2.75, 3.05) is 5.32 Å². The third-order valence-electron chi connectivity index (χ3n) is 4.73. The second-order valence-corrected chi connectivity index (χ2v) is 6.64. The van der Waals surface area contributed by atoms with Crippen LogP contribution < -0.4 is 5.32 Å². The molecule has 0 atom stereocenters. The van der Waals surface area contributed by atoms with Gasteiger partial charge in [0.2, 0.25) is 0 Å². The number of anilines is 1. The Balaban J connectivity index is 1.44. The molecule has 2 aromatic carbocycles. The van der Waals surface area contributed by atoms with E-state index in [1.165, 1.54) is 22.3 Å². The van der Waals surface area contributed by atoms with E-state index in [4.69, 9.17) is 0 Å². The van der Waals surface area contributed by atoms with Crippen LogP contribution in [0, 0.1) is 0 Å². The maximum absolute atomic E-state index is 3.53. The molecule has 0 spiro atoms. The zero-order valence-electron chi connectivity index (χ0n) is 15.3. The normalized spacial score (nSPS) is 16.1. The van der Waals surface area contributed by atoms with Crippen LogP contribution in [0.2, 0.25) is 0 Å². The van der Waals surface area contributed by atoms with Crippen molar-refractivity contribution < 1.29 is 0 Å². The highest BCUT2D eigenvalue weighted by Crippen LogP contribution is 2.24. The van der Waals surface area contributed by atoms with Gasteiger partial charge in [-0.25, -0.2) is 0 Å². The predicted molar refractivity (Wildman–Crippen MR) is 116 cm³/mol. The number of nitrogens with one attached hydrogen (secondary N) is 1. The summed E-state index contributed by atoms with van der Waals surface area (Å²) in [5.74, 6) is 0. The van der Waals surface area contributed by atoms with Gasteiger partial charge in [0.1, 0.15) is 0 Å². The Kier molecular flexibility index (Phi) is 5.31. The highest BCUT2D eigenvalue weighted by Gasteiger charge is 2.04. The van der Waals surface area contributed by atoms with Gasteiger partial charge in [0.05, 0.1) is 0 Å². The summed E-state index contributed by atoms with van der Waals surface area (Å²) in [5, 5.41) is 3.53. The summed E-state index contributed by atoms with van der Waals surface area (Å²) in [5.41, 5.74) is 7.28. The fraction of sp³-hybridized carbons (Fsp3) is 0.0769. The second-order valence-electron chi connectivity index (χ2n) is 6.64. The summed E-state index contributed by atoms with van der Waals surface area (Å²) in [4.78, 5) is 0. The minimum absolute atomic E-state index is 0.922. The third kappa shape index (κ3) is 4.45. The Bertz CT molecular complexity index is 965. The molecular formula is C26H23N. The third-order valence-corrected chi connectivity index (χ3v) is 4.73. The van der Waals surface area contributed by atoms with Gasteiger partial charge >= 0.3 is 0 Å². The number of allylic oxidation sites excluding steroid dienone is 11. The van der Waals surface area contributed by atoms with Crippen molar-refractivity contribution in [2.24, 2.45) is 0 Å². The summed E-state index contributed by atoms with van der Waals surface area (Å²) in [6.07, 6.45) is 21.6. The quantitative estimate of drug-likeness (QED) is 0.628. The zero-order chi connectivity index (χ0) is 18.3. The number of hydrogen-bond donors (Lipinski definition) is 1. The lowest BCUT2D eigenvalue weighted by Gasteiger charge is -2.08. The van der Waals surface area contributed by atoms with Crippen LogP contribution in [-0.4, -0.2) is 0 Å². The summed E-state index contributed by atoms with van der Waals surface area (Å²) >= 11 is 0. The molecule has 0 saturated heterocycles. The number of benzene rings is 2. The highest BCUT2D eigenvalue weighted by atomic mass is 14.9. The van der Waals surface area contributed by atoms with E-state index in [0.29, 0.717) is 0 Å². The molecule has 27 heavy (non-hydrogen) atoms. The van der Waals surface area contributed by atoms with E-state index in [-0.39, 0.29) is 0 Å². The van der Waals surface area contributed by atoms with Crippen LogP contribution >= 0.6 is 0 Å². The van der Waals surface area contributed by atoms with Crippen molar-refractivity contribution in [1.29, 1.82) is 0 Å². The molecule has 4 rings (SSSR count). The van der Waals surface area contributed by atoms with E-state index >= 15 is 0 Å². The van der Waals surface area contributed by atoms with E-state index in [1.54, 1.807) is 0 Å². The van der Waals surface area contributed by atoms with Gasteiger partial charge in [0, 0.05) is 11.4 Å². The highest BCUT2D eigenvalue weighted by molar-refractivity contribution is 5.67. The lowest BCUT2D eigenvalue weighted by Crippen LogP contribution is -1.96. The van der Waals surface area contributed by atoms with Crippen molar-refractivity contribution in [1.82, 2.24) is 0 Å². The topological polar surface area (TPSA) is 12.0 Å². The van der Waals surface area contributed by atoms with Crippen LogP contribution in [0.5, 0.6) is 0 Å². The molecule has 0 radical (unpaired) electrons. The molecular weight excluding hydrogens is 326 g/mol. The Hall–Kier alpha value is -3.32. The van der Waals surface area contributed by atoms with Gasteiger partial charge in [0.25, 0.3) is 0 Å². The fourth-order valence-corrected chi connectivity index (χ4v) is 3.27. The van der Waals surface area contributed by atoms with Crippen LogP contribution in [0.4, 0.5) is 5.69 Å². The van der Waals surface area contributed by atoms with Crippen LogP contribution in [0.1, 0.15) is 12.8 Å². The molecule has 1 nitrogen and oxygen atoms in total. The minimum atomic E-state index is 0.922. The van der Waals surface area contributed by atoms with Crippen molar-refractivity contribution >= 4 is 5.69 Å². The van der Waals surface area contributed by atoms with Crippen molar-refractivity contribution in [3.8, 4) is 11.1 Å². The first-order valence-electron chi connectivity index (χ1n) is 9.43. The first-order chi connectivity index (χ1) is 13.4. The second kappa shape index (κ2) is 8.37. The average Bonchev–Trinajstić information content (AvgIpc) is 3.12. The Labute approximate surface area is 161 Å². The van der Waals surface area contributed by atoms with Gasteiger partial charge in [0.15, 0.2) is 0 Å². The lowest BCUT2D eigenvalue weighted by molar-refractivity contribution is 1.31. The molecule has 2 aromatic rings. The molecule has 0 saturated carbocycles. The van der Waals surface area contributed by atoms with E-state index in [2.05, 4.69) is 109 Å². The van der Waals surface area contributed by atoms with Gasteiger partial charge < -0.3 is 5.32 Å². The van der Waals surface area contributed by atoms with Crippen LogP contribution in [0.25, 0.3) is 11.1 Å². The summed E-state index contributed by atoms with van der Waals surface area (Å²) < 4.78 is 0. The summed E-state index contributed by atoms with van der Waals surface area (Å²) in [6, 6.07) is 19.1. The van der Waals surface area contributed by atoms with Crippen molar-refractivity contribution in [2.45, 2.75) is 12.8 Å². The standard InChI is InChI=1S/C26H23N/c1-2-5-10-21(9-4-1)23-13-8-14-25(18-15-23)27-26-19-16-24(17-20-26)22-11-6-3-7-12-22/h1-4,6-7,9-20,27H,5,8H2. The smallest absolute Gasteiger partial charge is 0.0384 e. The maximum Gasteiger partial charge on any atom is 0.0384 e. The van der Waals surface area contributed by atoms with E-state index < -0.39 is 0 Å². The first kappa shape index (κ1) is 17.1. The van der Waals surface area contributed by atoms with Gasteiger partial charge in [-0.3, -0.25) is 0 Å². The van der Waals surface area contributed by atoms with Gasteiger partial charge in [-0.1, -0.05) is 91.1 Å². The van der Waals surface area contributed by atoms with E-state index in [9.17, 15) is 0 Å². The van der Waals surface area contributed by atoms with Gasteiger partial charge in [-0.2, -0.15) is 0 Å². The molecule has 0 fully saturated rings. The van der Waals surface area contributed by atoms with Crippen LogP contribution in [-0.2, 0) is 0 Å². The minimum Gasteiger partial charge on any atom is -0.356 e. The largest absolute Gasteiger partial charge is 0.356 e. The van der Waals surface area contributed by atoms with Gasteiger partial charge in [-0.15, -0.1) is 0 Å². The molecule has 2 aliphatic carbocycles. The number of hydrogen-bond acceptors (Lipinski definition) is 1. The molecule has 0 amide bonds. The van der Waals surface area contributed by atoms with E-state index in [1.807, 2.05) is 6.07 Å². The van der Waals surface area contributed by atoms with Crippen LogP contribution in [0.15, 0.2) is 126 Å². The molecule has 0 unspecified atom stereocenters. The Morgan fingerprint density at radius 1 is 0.593 bits per heavy atom. The zero-order valence-corrected chi connectivity index (χ0v) is 15.3. The maximum atomic E-state index is 3.53. The van der Waals surface area contributed by atoms with Crippen LogP contribution in [0.3, 0.4) is 0 Å². The molecule has 0 aromatic heterocycles. The SMILES string of the molecule is C1=CCC=C(C2=CCC=C(Nc3ccc(-c4ccccc4)cc3)C=C2)C=C1. The van der Waals surface area contributed by atoms with E-state index in [0.717, 1.165) is 24.2 Å². The first-order valence-corrected chi connectivity index (χ1v) is 9.43. The van der Waals surface area contributed by atoms with Crippen molar-refractivity contribution in [3.05, 3.63) is 126 Å². The molecule has 0 bridgehead atoms. The summed E-state index contributed by atoms with van der Waals surface area (Å²) in [7, 11) is 0. The monoisotopic (exact) mass is 349 g/mol. The lowest BCUT2D eigenvalue weighted by atomic mass is 10.0. The Morgan fingerprint density at radius 3 is 2.19 bits per heavy atom. The molecule has 2 aliphatic rings. The molecule has 1 heteroatoms. The summed E-state index contributed by atoms with van der Waals surface area (Å²) in [6.45, 7) is 0. The van der Waals surface area contributed by atoms with Crippen molar-refractivity contribution in [3.63, 3.8) is 0 Å².